The topological polar surface area (TPSA) is 65.4 Å². The zero-order valence-corrected chi connectivity index (χ0v) is 14.3. The summed E-state index contributed by atoms with van der Waals surface area (Å²) in [6.07, 6.45) is 2.17. The van der Waals surface area contributed by atoms with E-state index in [0.717, 1.165) is 28.3 Å². The number of anilines is 1. The average Bonchev–Trinajstić information content (AvgIpc) is 2.97. The van der Waals surface area contributed by atoms with Crippen molar-refractivity contribution in [3.05, 3.63) is 40.0 Å². The fourth-order valence-electron chi connectivity index (χ4n) is 3.37. The monoisotopic (exact) mass is 347 g/mol. The van der Waals surface area contributed by atoms with Crippen LogP contribution in [0.2, 0.25) is 5.02 Å². The molecule has 0 fully saturated rings. The molecule has 1 aromatic heterocycles. The molecule has 0 unspecified atom stereocenters. The lowest BCUT2D eigenvalue weighted by molar-refractivity contribution is -0.116. The molecular weight excluding hydrogens is 330 g/mol. The minimum Gasteiger partial charge on any atom is -0.467 e. The van der Waals surface area contributed by atoms with E-state index in [1.54, 1.807) is 0 Å². The maximum absolute atomic E-state index is 12.3. The molecule has 2 aliphatic heterocycles. The molecule has 3 heterocycles. The van der Waals surface area contributed by atoms with Crippen LogP contribution in [0.5, 0.6) is 5.75 Å². The summed E-state index contributed by atoms with van der Waals surface area (Å²) in [5, 5.41) is 8.01. The minimum atomic E-state index is -0.133. The quantitative estimate of drug-likeness (QED) is 0.903. The molecule has 0 saturated heterocycles. The lowest BCUT2D eigenvalue weighted by atomic mass is 9.85. The van der Waals surface area contributed by atoms with Gasteiger partial charge in [-0.15, -0.1) is 0 Å². The number of carbonyl (C=O) groups is 1. The van der Waals surface area contributed by atoms with Crippen LogP contribution in [0.4, 0.5) is 5.82 Å². The van der Waals surface area contributed by atoms with Crippen LogP contribution >= 0.6 is 11.6 Å². The first-order valence-corrected chi connectivity index (χ1v) is 8.32. The molecule has 0 aliphatic carbocycles. The number of carbonyl (C=O) groups excluding carboxylic acids is 1. The number of aromatic nitrogens is 2. The Labute approximate surface area is 144 Å². The number of nitrogens with one attached hydrogen (secondary N) is 1. The van der Waals surface area contributed by atoms with Crippen LogP contribution in [-0.2, 0) is 16.1 Å². The van der Waals surface area contributed by atoms with Crippen molar-refractivity contribution in [3.8, 4) is 5.75 Å². The van der Waals surface area contributed by atoms with Crippen LogP contribution in [0, 0.1) is 0 Å². The Bertz CT molecular complexity index is 816. The number of hydrogen-bond donors (Lipinski definition) is 1. The summed E-state index contributed by atoms with van der Waals surface area (Å²) in [4.78, 5) is 12.3. The van der Waals surface area contributed by atoms with E-state index in [1.165, 1.54) is 0 Å². The molecule has 1 amide bonds. The third-order valence-electron chi connectivity index (χ3n) is 4.41. The van der Waals surface area contributed by atoms with Gasteiger partial charge in [-0.25, -0.2) is 4.68 Å². The second-order valence-electron chi connectivity index (χ2n) is 6.39. The molecule has 126 valence electrons. The molecule has 4 rings (SSSR count). The summed E-state index contributed by atoms with van der Waals surface area (Å²) in [5.74, 6) is 1.36. The Kier molecular flexibility index (Phi) is 3.73. The van der Waals surface area contributed by atoms with Gasteiger partial charge in [0, 0.05) is 40.1 Å². The predicted molar refractivity (Wildman–Crippen MR) is 89.4 cm³/mol. The van der Waals surface area contributed by atoms with Crippen LogP contribution in [0.1, 0.15) is 48.9 Å². The highest BCUT2D eigenvalue weighted by atomic mass is 35.5. The lowest BCUT2D eigenvalue weighted by Crippen LogP contribution is -2.26. The molecule has 24 heavy (non-hydrogen) atoms. The van der Waals surface area contributed by atoms with E-state index in [1.807, 2.05) is 36.9 Å². The molecule has 1 atom stereocenters. The fraction of sp³-hybridized carbons (Fsp3) is 0.412. The van der Waals surface area contributed by atoms with Crippen LogP contribution in [0.25, 0.3) is 0 Å². The van der Waals surface area contributed by atoms with Crippen LogP contribution in [0.3, 0.4) is 0 Å². The van der Waals surface area contributed by atoms with Gasteiger partial charge in [0.15, 0.2) is 6.79 Å². The summed E-state index contributed by atoms with van der Waals surface area (Å²) < 4.78 is 12.9. The number of hydrogen-bond acceptors (Lipinski definition) is 4. The normalized spacial score (nSPS) is 19.5. The molecule has 2 aromatic rings. The van der Waals surface area contributed by atoms with Gasteiger partial charge in [-0.3, -0.25) is 4.79 Å². The van der Waals surface area contributed by atoms with Gasteiger partial charge in [-0.05, 0) is 26.0 Å². The van der Waals surface area contributed by atoms with Crippen LogP contribution in [0.15, 0.2) is 18.3 Å². The predicted octanol–water partition coefficient (Wildman–Crippen LogP) is 3.46. The Morgan fingerprint density at radius 1 is 1.38 bits per heavy atom. The van der Waals surface area contributed by atoms with Crippen molar-refractivity contribution in [2.75, 3.05) is 12.1 Å². The molecule has 7 heteroatoms. The summed E-state index contributed by atoms with van der Waals surface area (Å²) in [6.45, 7) is 4.73. The second-order valence-corrected chi connectivity index (χ2v) is 6.82. The number of amides is 1. The van der Waals surface area contributed by atoms with E-state index in [2.05, 4.69) is 10.4 Å². The molecule has 1 aromatic carbocycles. The van der Waals surface area contributed by atoms with E-state index < -0.39 is 0 Å². The highest BCUT2D eigenvalue weighted by molar-refractivity contribution is 6.30. The maximum Gasteiger partial charge on any atom is 0.226 e. The molecule has 0 spiro atoms. The van der Waals surface area contributed by atoms with Crippen molar-refractivity contribution in [2.24, 2.45) is 0 Å². The summed E-state index contributed by atoms with van der Waals surface area (Å²) >= 11 is 6.29. The molecule has 0 radical (unpaired) electrons. The Morgan fingerprint density at radius 2 is 2.21 bits per heavy atom. The summed E-state index contributed by atoms with van der Waals surface area (Å²) in [7, 11) is 0. The van der Waals surface area contributed by atoms with Crippen molar-refractivity contribution in [3.63, 3.8) is 0 Å². The number of halogens is 1. The standard InChI is InChI=1S/C17H18ClN3O3/c1-9(2)21-17-14(6-19-21)12(5-15(22)20-17)13-4-11(18)3-10-7-23-8-24-16(10)13/h3-4,6,9,12H,5,7-8H2,1-2H3,(H,20,22)/t12-/m1/s1. The number of benzene rings is 1. The summed E-state index contributed by atoms with van der Waals surface area (Å²) in [5.41, 5.74) is 2.82. The van der Waals surface area contributed by atoms with Gasteiger partial charge in [-0.2, -0.15) is 5.10 Å². The van der Waals surface area contributed by atoms with Gasteiger partial charge < -0.3 is 14.8 Å². The smallest absolute Gasteiger partial charge is 0.226 e. The van der Waals surface area contributed by atoms with E-state index in [0.29, 0.717) is 18.1 Å². The van der Waals surface area contributed by atoms with Gasteiger partial charge in [-0.1, -0.05) is 11.6 Å². The number of rotatable bonds is 2. The largest absolute Gasteiger partial charge is 0.467 e. The lowest BCUT2D eigenvalue weighted by Gasteiger charge is -2.28. The first-order valence-electron chi connectivity index (χ1n) is 7.94. The zero-order chi connectivity index (χ0) is 16.8. The van der Waals surface area contributed by atoms with Gasteiger partial charge in [0.05, 0.1) is 12.8 Å². The molecule has 0 saturated carbocycles. The number of ether oxygens (including phenoxy) is 2. The Hall–Kier alpha value is -2.05. The molecule has 6 nitrogen and oxygen atoms in total. The van der Waals surface area contributed by atoms with E-state index in [-0.39, 0.29) is 24.7 Å². The molecular formula is C17H18ClN3O3. The van der Waals surface area contributed by atoms with Crippen molar-refractivity contribution in [1.29, 1.82) is 0 Å². The van der Waals surface area contributed by atoms with E-state index >= 15 is 0 Å². The number of fused-ring (bicyclic) bond motifs is 2. The minimum absolute atomic E-state index is 0.0318. The van der Waals surface area contributed by atoms with Gasteiger partial charge >= 0.3 is 0 Å². The number of nitrogens with zero attached hydrogens (tertiary/aromatic N) is 2. The molecule has 0 bridgehead atoms. The maximum atomic E-state index is 12.3. The second kappa shape index (κ2) is 5.79. The third-order valence-corrected chi connectivity index (χ3v) is 4.63. The third kappa shape index (κ3) is 2.46. The Balaban J connectivity index is 1.87. The first kappa shape index (κ1) is 15.5. The SMILES string of the molecule is CC(C)n1ncc2c1NC(=O)C[C@@H]2c1cc(Cl)cc2c1OCOC2. The zero-order valence-electron chi connectivity index (χ0n) is 13.5. The summed E-state index contributed by atoms with van der Waals surface area (Å²) in [6, 6.07) is 3.89. The molecule has 2 aliphatic rings. The van der Waals surface area contributed by atoms with Crippen LogP contribution in [-0.4, -0.2) is 22.5 Å². The van der Waals surface area contributed by atoms with Crippen molar-refractivity contribution >= 4 is 23.3 Å². The Morgan fingerprint density at radius 3 is 3.00 bits per heavy atom. The highest BCUT2D eigenvalue weighted by Crippen LogP contribution is 2.44. The average molecular weight is 348 g/mol. The van der Waals surface area contributed by atoms with Crippen LogP contribution < -0.4 is 10.1 Å². The van der Waals surface area contributed by atoms with Gasteiger partial charge in [0.2, 0.25) is 5.91 Å². The van der Waals surface area contributed by atoms with E-state index in [4.69, 9.17) is 21.1 Å². The fourth-order valence-corrected chi connectivity index (χ4v) is 3.62. The van der Waals surface area contributed by atoms with Crippen molar-refractivity contribution < 1.29 is 14.3 Å². The van der Waals surface area contributed by atoms with E-state index in [9.17, 15) is 4.79 Å². The van der Waals surface area contributed by atoms with Gasteiger partial charge in [0.25, 0.3) is 0 Å². The first-order chi connectivity index (χ1) is 11.5. The van der Waals surface area contributed by atoms with Crippen molar-refractivity contribution in [1.82, 2.24) is 9.78 Å². The van der Waals surface area contributed by atoms with Crippen molar-refractivity contribution in [2.45, 2.75) is 38.8 Å². The molecule has 1 N–H and O–H groups in total. The highest BCUT2D eigenvalue weighted by Gasteiger charge is 2.33. The van der Waals surface area contributed by atoms with Gasteiger partial charge in [0.1, 0.15) is 11.6 Å².